The molecular formula is C20H27N3O3. The van der Waals surface area contributed by atoms with Crippen LogP contribution in [0.3, 0.4) is 0 Å². The van der Waals surface area contributed by atoms with Gasteiger partial charge in [0.05, 0.1) is 5.69 Å². The molecule has 1 saturated heterocycles. The van der Waals surface area contributed by atoms with Crippen molar-refractivity contribution < 1.29 is 9.21 Å². The first-order valence-corrected chi connectivity index (χ1v) is 9.44. The molecule has 6 nitrogen and oxygen atoms in total. The van der Waals surface area contributed by atoms with E-state index in [0.717, 1.165) is 63.2 Å². The minimum absolute atomic E-state index is 0.284. The summed E-state index contributed by atoms with van der Waals surface area (Å²) in [5.74, 6) is 0.284. The average Bonchev–Trinajstić information content (AvgIpc) is 2.66. The molecule has 1 N–H and O–H groups in total. The predicted octanol–water partition coefficient (Wildman–Crippen LogP) is 2.54. The SMILES string of the molecule is CCCCC(=O)N1CCN(CCNc2cc(=O)oc3ccccc23)CC1. The van der Waals surface area contributed by atoms with Gasteiger partial charge in [-0.25, -0.2) is 4.79 Å². The Morgan fingerprint density at radius 1 is 1.19 bits per heavy atom. The van der Waals surface area contributed by atoms with Crippen molar-refractivity contribution in [3.05, 3.63) is 40.8 Å². The Bertz CT molecular complexity index is 794. The summed E-state index contributed by atoms with van der Waals surface area (Å²) in [7, 11) is 0. The van der Waals surface area contributed by atoms with Crippen LogP contribution in [0.25, 0.3) is 11.0 Å². The maximum Gasteiger partial charge on any atom is 0.338 e. The molecule has 1 aromatic heterocycles. The molecule has 0 spiro atoms. The second-order valence-corrected chi connectivity index (χ2v) is 6.73. The number of nitrogens with one attached hydrogen (secondary N) is 1. The van der Waals surface area contributed by atoms with Gasteiger partial charge in [0.25, 0.3) is 0 Å². The number of carbonyl (C=O) groups excluding carboxylic acids is 1. The summed E-state index contributed by atoms with van der Waals surface area (Å²) < 4.78 is 5.22. The molecule has 0 aliphatic carbocycles. The monoisotopic (exact) mass is 357 g/mol. The van der Waals surface area contributed by atoms with Crippen molar-refractivity contribution in [2.45, 2.75) is 26.2 Å². The lowest BCUT2D eigenvalue weighted by Gasteiger charge is -2.34. The highest BCUT2D eigenvalue weighted by molar-refractivity contribution is 5.89. The van der Waals surface area contributed by atoms with Gasteiger partial charge in [0.15, 0.2) is 0 Å². The van der Waals surface area contributed by atoms with Gasteiger partial charge in [-0.05, 0) is 18.6 Å². The molecule has 2 aromatic rings. The Labute approximate surface area is 153 Å². The van der Waals surface area contributed by atoms with Crippen LogP contribution in [0.2, 0.25) is 0 Å². The van der Waals surface area contributed by atoms with Crippen molar-refractivity contribution in [2.75, 3.05) is 44.6 Å². The van der Waals surface area contributed by atoms with Gasteiger partial charge >= 0.3 is 5.63 Å². The topological polar surface area (TPSA) is 65.8 Å². The van der Waals surface area contributed by atoms with Crippen LogP contribution in [0.4, 0.5) is 5.69 Å². The van der Waals surface area contributed by atoms with Gasteiger partial charge in [-0.3, -0.25) is 9.69 Å². The molecular weight excluding hydrogens is 330 g/mol. The van der Waals surface area contributed by atoms with Crippen LogP contribution in [-0.4, -0.2) is 55.0 Å². The Kier molecular flexibility index (Phi) is 6.28. The standard InChI is InChI=1S/C20H27N3O3/c1-2-3-8-19(24)23-13-11-22(12-14-23)10-9-21-17-15-20(25)26-18-7-5-4-6-16(17)18/h4-7,15,21H,2-3,8-14H2,1H3. The molecule has 2 heterocycles. The highest BCUT2D eigenvalue weighted by atomic mass is 16.4. The van der Waals surface area contributed by atoms with Gasteiger partial charge < -0.3 is 14.6 Å². The van der Waals surface area contributed by atoms with Crippen molar-refractivity contribution in [2.24, 2.45) is 0 Å². The Balaban J connectivity index is 1.48. The lowest BCUT2D eigenvalue weighted by Crippen LogP contribution is -2.49. The van der Waals surface area contributed by atoms with E-state index in [1.807, 2.05) is 23.1 Å². The number of rotatable bonds is 7. The van der Waals surface area contributed by atoms with Gasteiger partial charge in [0, 0.05) is 57.1 Å². The van der Waals surface area contributed by atoms with Crippen LogP contribution in [0, 0.1) is 0 Å². The fraction of sp³-hybridized carbons (Fsp3) is 0.500. The lowest BCUT2D eigenvalue weighted by molar-refractivity contribution is -0.133. The second-order valence-electron chi connectivity index (χ2n) is 6.73. The molecule has 0 bridgehead atoms. The van der Waals surface area contributed by atoms with Crippen LogP contribution in [0.15, 0.2) is 39.5 Å². The molecule has 1 aromatic carbocycles. The van der Waals surface area contributed by atoms with Gasteiger partial charge in [-0.1, -0.05) is 25.5 Å². The summed E-state index contributed by atoms with van der Waals surface area (Å²) in [4.78, 5) is 28.1. The average molecular weight is 357 g/mol. The number of para-hydroxylation sites is 1. The number of unbranched alkanes of at least 4 members (excludes halogenated alkanes) is 1. The fourth-order valence-electron chi connectivity index (χ4n) is 3.31. The zero-order valence-electron chi connectivity index (χ0n) is 15.4. The van der Waals surface area contributed by atoms with Crippen molar-refractivity contribution in [1.82, 2.24) is 9.80 Å². The molecule has 140 valence electrons. The first-order chi connectivity index (χ1) is 12.7. The summed E-state index contributed by atoms with van der Waals surface area (Å²) in [6, 6.07) is 9.04. The number of hydrogen-bond donors (Lipinski definition) is 1. The van der Waals surface area contributed by atoms with E-state index < -0.39 is 0 Å². The fourth-order valence-corrected chi connectivity index (χ4v) is 3.31. The summed E-state index contributed by atoms with van der Waals surface area (Å²) in [6.07, 6.45) is 2.70. The maximum absolute atomic E-state index is 12.1. The number of carbonyl (C=O) groups is 1. The van der Waals surface area contributed by atoms with Crippen LogP contribution in [-0.2, 0) is 4.79 Å². The number of amides is 1. The summed E-state index contributed by atoms with van der Waals surface area (Å²) >= 11 is 0. The van der Waals surface area contributed by atoms with E-state index in [1.165, 1.54) is 6.07 Å². The van der Waals surface area contributed by atoms with E-state index >= 15 is 0 Å². The van der Waals surface area contributed by atoms with Crippen molar-refractivity contribution in [3.8, 4) is 0 Å². The summed E-state index contributed by atoms with van der Waals surface area (Å²) in [5, 5.41) is 4.27. The lowest BCUT2D eigenvalue weighted by atomic mass is 10.2. The van der Waals surface area contributed by atoms with Gasteiger partial charge in [0.1, 0.15) is 5.58 Å². The quantitative estimate of drug-likeness (QED) is 0.772. The van der Waals surface area contributed by atoms with E-state index in [9.17, 15) is 9.59 Å². The molecule has 6 heteroatoms. The molecule has 1 aliphatic heterocycles. The summed E-state index contributed by atoms with van der Waals surface area (Å²) in [6.45, 7) is 7.15. The highest BCUT2D eigenvalue weighted by Gasteiger charge is 2.20. The Morgan fingerprint density at radius 3 is 2.73 bits per heavy atom. The minimum Gasteiger partial charge on any atom is -0.423 e. The predicted molar refractivity (Wildman–Crippen MR) is 104 cm³/mol. The molecule has 26 heavy (non-hydrogen) atoms. The van der Waals surface area contributed by atoms with E-state index in [4.69, 9.17) is 4.42 Å². The van der Waals surface area contributed by atoms with Crippen molar-refractivity contribution in [1.29, 1.82) is 0 Å². The number of hydrogen-bond acceptors (Lipinski definition) is 5. The largest absolute Gasteiger partial charge is 0.423 e. The van der Waals surface area contributed by atoms with Crippen molar-refractivity contribution >= 4 is 22.6 Å². The van der Waals surface area contributed by atoms with E-state index in [-0.39, 0.29) is 11.5 Å². The zero-order valence-corrected chi connectivity index (χ0v) is 15.4. The van der Waals surface area contributed by atoms with Gasteiger partial charge in [-0.15, -0.1) is 0 Å². The van der Waals surface area contributed by atoms with E-state index in [1.54, 1.807) is 6.07 Å². The number of fused-ring (bicyclic) bond motifs is 1. The molecule has 1 amide bonds. The first kappa shape index (κ1) is 18.5. The molecule has 0 radical (unpaired) electrons. The normalized spacial score (nSPS) is 15.3. The molecule has 0 unspecified atom stereocenters. The Morgan fingerprint density at radius 2 is 1.96 bits per heavy atom. The van der Waals surface area contributed by atoms with Crippen molar-refractivity contribution in [3.63, 3.8) is 0 Å². The van der Waals surface area contributed by atoms with Gasteiger partial charge in [-0.2, -0.15) is 0 Å². The van der Waals surface area contributed by atoms with E-state index in [2.05, 4.69) is 17.1 Å². The maximum atomic E-state index is 12.1. The number of piperazine rings is 1. The molecule has 0 saturated carbocycles. The zero-order chi connectivity index (χ0) is 18.4. The third kappa shape index (κ3) is 4.64. The molecule has 0 atom stereocenters. The Hall–Kier alpha value is -2.34. The second kappa shape index (κ2) is 8.85. The summed E-state index contributed by atoms with van der Waals surface area (Å²) in [5.41, 5.74) is 1.07. The van der Waals surface area contributed by atoms with Crippen LogP contribution >= 0.6 is 0 Å². The molecule has 1 aliphatic rings. The van der Waals surface area contributed by atoms with Crippen LogP contribution < -0.4 is 10.9 Å². The van der Waals surface area contributed by atoms with E-state index in [0.29, 0.717) is 12.0 Å². The van der Waals surface area contributed by atoms with Crippen LogP contribution in [0.1, 0.15) is 26.2 Å². The number of anilines is 1. The third-order valence-corrected chi connectivity index (χ3v) is 4.86. The third-order valence-electron chi connectivity index (χ3n) is 4.86. The minimum atomic E-state index is -0.342. The smallest absolute Gasteiger partial charge is 0.338 e. The number of benzene rings is 1. The molecule has 3 rings (SSSR count). The highest BCUT2D eigenvalue weighted by Crippen LogP contribution is 2.20. The first-order valence-electron chi connectivity index (χ1n) is 9.44. The van der Waals surface area contributed by atoms with Gasteiger partial charge in [0.2, 0.25) is 5.91 Å². The van der Waals surface area contributed by atoms with Crippen LogP contribution in [0.5, 0.6) is 0 Å². The number of nitrogens with zero attached hydrogens (tertiary/aromatic N) is 2. The molecule has 1 fully saturated rings.